The summed E-state index contributed by atoms with van der Waals surface area (Å²) in [6, 6.07) is 6.43. The number of aromatic hydroxyl groups is 3. The van der Waals surface area contributed by atoms with Crippen LogP contribution in [0.2, 0.25) is 0 Å². The first kappa shape index (κ1) is 22.1. The molecule has 4 rings (SSSR count). The van der Waals surface area contributed by atoms with E-state index in [1.165, 1.54) is 24.3 Å². The van der Waals surface area contributed by atoms with Gasteiger partial charge in [-0.2, -0.15) is 0 Å². The minimum Gasteiger partial charge on any atom is -0.508 e. The second-order valence-corrected chi connectivity index (χ2v) is 7.64. The highest BCUT2D eigenvalue weighted by Gasteiger charge is 2.45. The number of aliphatic hydroxyl groups excluding tert-OH is 4. The molecule has 1 saturated heterocycles. The van der Waals surface area contributed by atoms with Crippen LogP contribution < -0.4 is 4.74 Å². The van der Waals surface area contributed by atoms with E-state index < -0.39 is 49.4 Å². The molecule has 11 heteroatoms. The van der Waals surface area contributed by atoms with Gasteiger partial charge in [-0.15, -0.1) is 0 Å². The molecule has 172 valence electrons. The minimum absolute atomic E-state index is 0.0426. The van der Waals surface area contributed by atoms with Gasteiger partial charge in [0.1, 0.15) is 47.6 Å². The molecule has 11 nitrogen and oxygen atoms in total. The van der Waals surface area contributed by atoms with Crippen LogP contribution in [0.15, 0.2) is 30.3 Å². The first-order valence-corrected chi connectivity index (χ1v) is 9.75. The zero-order chi connectivity index (χ0) is 23.2. The number of benzene rings is 2. The Labute approximate surface area is 181 Å². The van der Waals surface area contributed by atoms with Crippen LogP contribution in [0, 0.1) is 0 Å². The number of phenols is 3. The summed E-state index contributed by atoms with van der Waals surface area (Å²) in [5.74, 6) is -1.98. The Kier molecular flexibility index (Phi) is 5.84. The molecule has 2 aromatic rings. The maximum Gasteiger partial charge on any atom is 0.342 e. The molecule has 0 aromatic heterocycles. The van der Waals surface area contributed by atoms with E-state index in [9.17, 15) is 40.5 Å². The van der Waals surface area contributed by atoms with E-state index in [0.717, 1.165) is 6.07 Å². The third kappa shape index (κ3) is 3.92. The lowest BCUT2D eigenvalue weighted by atomic mass is 9.93. The van der Waals surface area contributed by atoms with E-state index in [1.54, 1.807) is 0 Å². The Morgan fingerprint density at radius 3 is 2.41 bits per heavy atom. The van der Waals surface area contributed by atoms with Crippen molar-refractivity contribution in [3.63, 3.8) is 0 Å². The largest absolute Gasteiger partial charge is 0.508 e. The van der Waals surface area contributed by atoms with Crippen LogP contribution in [0.4, 0.5) is 0 Å². The second-order valence-electron chi connectivity index (χ2n) is 7.64. The Hall–Kier alpha value is -3.09. The van der Waals surface area contributed by atoms with Crippen molar-refractivity contribution in [2.75, 3.05) is 6.61 Å². The van der Waals surface area contributed by atoms with E-state index in [2.05, 4.69) is 0 Å². The SMILES string of the molecule is O=C1OC(c2ccc(O)c(O)c2)Cc2cc(O)cc(OC3OC(CO)C(O)C(O)C3O)c21. The number of carbonyl (C=O) groups is 1. The van der Waals surface area contributed by atoms with Gasteiger partial charge in [-0.1, -0.05) is 6.07 Å². The summed E-state index contributed by atoms with van der Waals surface area (Å²) in [5, 5.41) is 68.7. The summed E-state index contributed by atoms with van der Waals surface area (Å²) >= 11 is 0. The van der Waals surface area contributed by atoms with E-state index >= 15 is 0 Å². The smallest absolute Gasteiger partial charge is 0.342 e. The van der Waals surface area contributed by atoms with Crippen molar-refractivity contribution in [2.24, 2.45) is 0 Å². The van der Waals surface area contributed by atoms with Crippen LogP contribution in [0.25, 0.3) is 0 Å². The fourth-order valence-corrected chi connectivity index (χ4v) is 3.79. The normalized spacial score (nSPS) is 29.8. The molecule has 32 heavy (non-hydrogen) atoms. The third-order valence-corrected chi connectivity index (χ3v) is 5.49. The zero-order valence-electron chi connectivity index (χ0n) is 16.5. The molecular weight excluding hydrogens is 428 g/mol. The first-order valence-electron chi connectivity index (χ1n) is 9.75. The number of ether oxygens (including phenoxy) is 3. The highest BCUT2D eigenvalue weighted by atomic mass is 16.7. The fourth-order valence-electron chi connectivity index (χ4n) is 3.79. The van der Waals surface area contributed by atoms with Crippen molar-refractivity contribution >= 4 is 5.97 Å². The number of aliphatic hydroxyl groups is 4. The van der Waals surface area contributed by atoms with Crippen LogP contribution >= 0.6 is 0 Å². The van der Waals surface area contributed by atoms with Gasteiger partial charge in [-0.25, -0.2) is 4.79 Å². The molecule has 2 aromatic carbocycles. The van der Waals surface area contributed by atoms with E-state index in [0.29, 0.717) is 11.1 Å². The second kappa shape index (κ2) is 8.45. The molecule has 2 heterocycles. The van der Waals surface area contributed by atoms with Crippen LogP contribution in [-0.2, 0) is 15.9 Å². The van der Waals surface area contributed by atoms with Crippen LogP contribution in [-0.4, -0.2) is 79.0 Å². The Balaban J connectivity index is 1.64. The lowest BCUT2D eigenvalue weighted by Gasteiger charge is -2.40. The molecule has 0 aliphatic carbocycles. The predicted octanol–water partition coefficient (Wildman–Crippen LogP) is -0.564. The van der Waals surface area contributed by atoms with Crippen molar-refractivity contribution in [3.05, 3.63) is 47.0 Å². The van der Waals surface area contributed by atoms with Crippen LogP contribution in [0.5, 0.6) is 23.0 Å². The number of cyclic esters (lactones) is 1. The fraction of sp³-hybridized carbons (Fsp3) is 0.381. The monoisotopic (exact) mass is 450 g/mol. The Bertz CT molecular complexity index is 1020. The molecule has 6 unspecified atom stereocenters. The van der Waals surface area contributed by atoms with Gasteiger partial charge in [0.15, 0.2) is 11.5 Å². The molecule has 7 N–H and O–H groups in total. The Morgan fingerprint density at radius 2 is 1.72 bits per heavy atom. The predicted molar refractivity (Wildman–Crippen MR) is 104 cm³/mol. The van der Waals surface area contributed by atoms with Gasteiger partial charge in [0.2, 0.25) is 6.29 Å². The number of hydrogen-bond acceptors (Lipinski definition) is 11. The van der Waals surface area contributed by atoms with E-state index in [1.807, 2.05) is 0 Å². The standard InChI is InChI=1S/C21H22O11/c22-7-15-17(26)18(27)19(28)21(32-15)31-14-6-10(23)3-9-5-13(30-20(29)16(9)14)8-1-2-11(24)12(25)4-8/h1-4,6,13,15,17-19,21-28H,5,7H2. The number of esters is 1. The summed E-state index contributed by atoms with van der Waals surface area (Å²) < 4.78 is 16.3. The molecule has 0 amide bonds. The summed E-state index contributed by atoms with van der Waals surface area (Å²) in [4.78, 5) is 12.8. The molecule has 1 fully saturated rings. The average Bonchev–Trinajstić information content (AvgIpc) is 2.75. The van der Waals surface area contributed by atoms with Crippen molar-refractivity contribution in [1.29, 1.82) is 0 Å². The van der Waals surface area contributed by atoms with Gasteiger partial charge in [0, 0.05) is 12.5 Å². The van der Waals surface area contributed by atoms with Gasteiger partial charge in [0.05, 0.1) is 6.61 Å². The molecule has 0 saturated carbocycles. The van der Waals surface area contributed by atoms with Crippen LogP contribution in [0.3, 0.4) is 0 Å². The first-order chi connectivity index (χ1) is 15.2. The van der Waals surface area contributed by atoms with Gasteiger partial charge in [-0.3, -0.25) is 0 Å². The molecule has 0 spiro atoms. The van der Waals surface area contributed by atoms with Gasteiger partial charge >= 0.3 is 5.97 Å². The highest BCUT2D eigenvalue weighted by Crippen LogP contribution is 2.40. The van der Waals surface area contributed by atoms with Gasteiger partial charge in [-0.05, 0) is 29.3 Å². The maximum absolute atomic E-state index is 12.8. The number of fused-ring (bicyclic) bond motifs is 1. The number of carbonyl (C=O) groups excluding carboxylic acids is 1. The quantitative estimate of drug-likeness (QED) is 0.234. The van der Waals surface area contributed by atoms with Gasteiger partial charge in [0.25, 0.3) is 0 Å². The molecule has 2 aliphatic rings. The highest BCUT2D eigenvalue weighted by molar-refractivity contribution is 5.95. The number of phenolic OH excluding ortho intramolecular Hbond substituents is 3. The maximum atomic E-state index is 12.8. The molecule has 0 bridgehead atoms. The minimum atomic E-state index is -1.71. The average molecular weight is 450 g/mol. The lowest BCUT2D eigenvalue weighted by Crippen LogP contribution is -2.60. The van der Waals surface area contributed by atoms with Crippen molar-refractivity contribution in [1.82, 2.24) is 0 Å². The molecule has 0 radical (unpaired) electrons. The molecular formula is C21H22O11. The van der Waals surface area contributed by atoms with Crippen molar-refractivity contribution in [3.8, 4) is 23.0 Å². The van der Waals surface area contributed by atoms with Crippen LogP contribution in [0.1, 0.15) is 27.6 Å². The summed E-state index contributed by atoms with van der Waals surface area (Å²) in [5.41, 5.74) is 0.719. The number of hydrogen-bond donors (Lipinski definition) is 7. The third-order valence-electron chi connectivity index (χ3n) is 5.49. The topological polar surface area (TPSA) is 186 Å². The van der Waals surface area contributed by atoms with E-state index in [-0.39, 0.29) is 35.0 Å². The van der Waals surface area contributed by atoms with Crippen molar-refractivity contribution < 1.29 is 54.8 Å². The summed E-state index contributed by atoms with van der Waals surface area (Å²) in [7, 11) is 0. The summed E-state index contributed by atoms with van der Waals surface area (Å²) in [6.45, 7) is -0.661. The zero-order valence-corrected chi connectivity index (χ0v) is 16.5. The van der Waals surface area contributed by atoms with E-state index in [4.69, 9.17) is 14.2 Å². The Morgan fingerprint density at radius 1 is 0.969 bits per heavy atom. The summed E-state index contributed by atoms with van der Waals surface area (Å²) in [6.07, 6.45) is -8.47. The van der Waals surface area contributed by atoms with Crippen molar-refractivity contribution in [2.45, 2.75) is 43.2 Å². The molecule has 2 aliphatic heterocycles. The number of rotatable bonds is 4. The van der Waals surface area contributed by atoms with Gasteiger partial charge < -0.3 is 50.0 Å². The lowest BCUT2D eigenvalue weighted by molar-refractivity contribution is -0.277. The molecule has 6 atom stereocenters.